The van der Waals surface area contributed by atoms with Gasteiger partial charge in [0.25, 0.3) is 0 Å². The molecular weight excluding hydrogens is 364 g/mol. The fourth-order valence-corrected chi connectivity index (χ4v) is 4.57. The van der Waals surface area contributed by atoms with Crippen LogP contribution in [-0.4, -0.2) is 63.8 Å². The van der Waals surface area contributed by atoms with Crippen LogP contribution < -0.4 is 0 Å². The van der Waals surface area contributed by atoms with Crippen LogP contribution in [0.15, 0.2) is 6.20 Å². The average Bonchev–Trinajstić information content (AvgIpc) is 3.09. The lowest BCUT2D eigenvalue weighted by Gasteiger charge is -2.33. The Bertz CT molecular complexity index is 718. The molecule has 162 valence electrons. The monoisotopic (exact) mass is 402 g/mol. The Balaban J connectivity index is 1.42. The normalized spacial score (nSPS) is 22.8. The third-order valence-corrected chi connectivity index (χ3v) is 6.79. The molecule has 0 N–H and O–H groups in total. The highest BCUT2D eigenvalue weighted by molar-refractivity contribution is 5.68. The van der Waals surface area contributed by atoms with Crippen molar-refractivity contribution in [1.82, 2.24) is 19.4 Å². The zero-order valence-electron chi connectivity index (χ0n) is 18.7. The summed E-state index contributed by atoms with van der Waals surface area (Å²) in [6.45, 7) is 14.3. The number of carbonyl (C=O) groups excluding carboxylic acids is 1. The maximum absolute atomic E-state index is 12.4. The topological polar surface area (TPSA) is 50.6 Å². The molecule has 6 heteroatoms. The summed E-state index contributed by atoms with van der Waals surface area (Å²) < 4.78 is 7.99. The number of rotatable bonds is 5. The van der Waals surface area contributed by atoms with Crippen molar-refractivity contribution in [3.05, 3.63) is 17.7 Å². The van der Waals surface area contributed by atoms with Gasteiger partial charge in [-0.1, -0.05) is 6.92 Å². The molecule has 2 saturated heterocycles. The highest BCUT2D eigenvalue weighted by Crippen LogP contribution is 2.47. The molecule has 0 bridgehead atoms. The average molecular weight is 403 g/mol. The zero-order valence-corrected chi connectivity index (χ0v) is 18.7. The van der Waals surface area contributed by atoms with Gasteiger partial charge < -0.3 is 19.1 Å². The molecule has 1 saturated carbocycles. The summed E-state index contributed by atoms with van der Waals surface area (Å²) in [6, 6.07) is 0. The number of piperidine rings is 1. The molecular formula is C23H38N4O2. The molecule has 1 aromatic heterocycles. The predicted molar refractivity (Wildman–Crippen MR) is 114 cm³/mol. The van der Waals surface area contributed by atoms with Crippen LogP contribution >= 0.6 is 0 Å². The van der Waals surface area contributed by atoms with Crippen molar-refractivity contribution in [3.63, 3.8) is 0 Å². The summed E-state index contributed by atoms with van der Waals surface area (Å²) in [4.78, 5) is 22.0. The minimum Gasteiger partial charge on any atom is -0.444 e. The van der Waals surface area contributed by atoms with E-state index >= 15 is 0 Å². The van der Waals surface area contributed by atoms with Crippen LogP contribution in [0.4, 0.5) is 4.79 Å². The summed E-state index contributed by atoms with van der Waals surface area (Å²) in [6.07, 6.45) is 9.27. The van der Waals surface area contributed by atoms with Gasteiger partial charge in [-0.15, -0.1) is 0 Å². The van der Waals surface area contributed by atoms with Gasteiger partial charge in [-0.25, -0.2) is 9.78 Å². The summed E-state index contributed by atoms with van der Waals surface area (Å²) >= 11 is 0. The van der Waals surface area contributed by atoms with Gasteiger partial charge in [-0.05, 0) is 72.4 Å². The molecule has 3 heterocycles. The lowest BCUT2D eigenvalue weighted by Crippen LogP contribution is -2.41. The van der Waals surface area contributed by atoms with E-state index in [0.29, 0.717) is 11.3 Å². The first-order chi connectivity index (χ1) is 13.7. The number of likely N-dealkylation sites (tertiary alicyclic amines) is 2. The van der Waals surface area contributed by atoms with Crippen LogP contribution in [-0.2, 0) is 16.7 Å². The van der Waals surface area contributed by atoms with Crippen molar-refractivity contribution >= 4 is 6.09 Å². The van der Waals surface area contributed by atoms with E-state index in [0.717, 1.165) is 39.0 Å². The Kier molecular flexibility index (Phi) is 5.66. The Morgan fingerprint density at radius 1 is 1.14 bits per heavy atom. The van der Waals surface area contributed by atoms with Crippen molar-refractivity contribution in [2.75, 3.05) is 32.7 Å². The van der Waals surface area contributed by atoms with Crippen LogP contribution in [0.3, 0.4) is 0 Å². The number of hydrogen-bond donors (Lipinski definition) is 0. The zero-order chi connectivity index (χ0) is 20.6. The summed E-state index contributed by atoms with van der Waals surface area (Å²) in [7, 11) is 0. The Morgan fingerprint density at radius 3 is 2.38 bits per heavy atom. The molecule has 4 rings (SSSR count). The van der Waals surface area contributed by atoms with E-state index in [1.165, 1.54) is 50.3 Å². The first kappa shape index (κ1) is 20.7. The van der Waals surface area contributed by atoms with Crippen molar-refractivity contribution < 1.29 is 9.53 Å². The van der Waals surface area contributed by atoms with Gasteiger partial charge in [0.05, 0.1) is 5.69 Å². The highest BCUT2D eigenvalue weighted by atomic mass is 16.6. The molecule has 0 spiro atoms. The first-order valence-corrected chi connectivity index (χ1v) is 11.5. The number of ether oxygens (including phenoxy) is 1. The SMILES string of the molecule is CC(C)(C)OC(=O)N1CCC(c2nc(C3(C)CC3)cn2CCN2CCCC2)CC1. The van der Waals surface area contributed by atoms with Gasteiger partial charge in [0.2, 0.25) is 0 Å². The van der Waals surface area contributed by atoms with Gasteiger partial charge in [0.1, 0.15) is 11.4 Å². The van der Waals surface area contributed by atoms with Crippen LogP contribution in [0.2, 0.25) is 0 Å². The van der Waals surface area contributed by atoms with Gasteiger partial charge in [0.15, 0.2) is 0 Å². The first-order valence-electron chi connectivity index (χ1n) is 11.5. The van der Waals surface area contributed by atoms with Crippen LogP contribution in [0.25, 0.3) is 0 Å². The molecule has 3 aliphatic rings. The number of aromatic nitrogens is 2. The molecule has 0 unspecified atom stereocenters. The molecule has 0 aromatic carbocycles. The molecule has 2 aliphatic heterocycles. The number of nitrogens with zero attached hydrogens (tertiary/aromatic N) is 4. The standard InChI is InChI=1S/C23H38N4O2/c1-22(2,3)29-21(28)26-13-7-18(8-14-26)20-24-19(23(4)9-10-23)17-27(20)16-15-25-11-5-6-12-25/h17-18H,5-16H2,1-4H3. The van der Waals surface area contributed by atoms with E-state index in [4.69, 9.17) is 9.72 Å². The number of amides is 1. The summed E-state index contributed by atoms with van der Waals surface area (Å²) in [5, 5.41) is 0. The highest BCUT2D eigenvalue weighted by Gasteiger charge is 2.42. The Labute approximate surface area is 175 Å². The molecule has 0 radical (unpaired) electrons. The van der Waals surface area contributed by atoms with Gasteiger partial charge in [0, 0.05) is 43.7 Å². The summed E-state index contributed by atoms with van der Waals surface area (Å²) in [5.74, 6) is 1.68. The quantitative estimate of drug-likeness (QED) is 0.743. The fraction of sp³-hybridized carbons (Fsp3) is 0.826. The van der Waals surface area contributed by atoms with E-state index < -0.39 is 5.60 Å². The second-order valence-corrected chi connectivity index (χ2v) is 10.5. The van der Waals surface area contributed by atoms with E-state index in [2.05, 4.69) is 22.6 Å². The van der Waals surface area contributed by atoms with Crippen molar-refractivity contribution in [2.24, 2.45) is 0 Å². The Morgan fingerprint density at radius 2 is 1.79 bits per heavy atom. The van der Waals surface area contributed by atoms with E-state index in [-0.39, 0.29) is 6.09 Å². The fourth-order valence-electron chi connectivity index (χ4n) is 4.57. The minimum atomic E-state index is -0.436. The molecule has 0 atom stereocenters. The Hall–Kier alpha value is -1.56. The lowest BCUT2D eigenvalue weighted by molar-refractivity contribution is 0.0202. The minimum absolute atomic E-state index is 0.181. The van der Waals surface area contributed by atoms with Crippen molar-refractivity contribution in [1.29, 1.82) is 0 Å². The van der Waals surface area contributed by atoms with Crippen molar-refractivity contribution in [2.45, 2.75) is 89.7 Å². The third-order valence-electron chi connectivity index (χ3n) is 6.79. The molecule has 1 amide bonds. The van der Waals surface area contributed by atoms with E-state index in [1.807, 2.05) is 25.7 Å². The number of imidazole rings is 1. The van der Waals surface area contributed by atoms with Crippen LogP contribution in [0.1, 0.15) is 83.7 Å². The number of hydrogen-bond acceptors (Lipinski definition) is 4. The molecule has 29 heavy (non-hydrogen) atoms. The largest absolute Gasteiger partial charge is 0.444 e. The third kappa shape index (κ3) is 4.96. The van der Waals surface area contributed by atoms with Gasteiger partial charge >= 0.3 is 6.09 Å². The van der Waals surface area contributed by atoms with Crippen LogP contribution in [0, 0.1) is 0 Å². The van der Waals surface area contributed by atoms with Crippen molar-refractivity contribution in [3.8, 4) is 0 Å². The number of carbonyl (C=O) groups is 1. The molecule has 6 nitrogen and oxygen atoms in total. The second kappa shape index (κ2) is 7.93. The van der Waals surface area contributed by atoms with Gasteiger partial charge in [-0.2, -0.15) is 0 Å². The summed E-state index contributed by atoms with van der Waals surface area (Å²) in [5.41, 5.74) is 1.14. The molecule has 3 fully saturated rings. The second-order valence-electron chi connectivity index (χ2n) is 10.5. The smallest absolute Gasteiger partial charge is 0.410 e. The molecule has 1 aliphatic carbocycles. The predicted octanol–water partition coefficient (Wildman–Crippen LogP) is 4.14. The van der Waals surface area contributed by atoms with E-state index in [9.17, 15) is 4.79 Å². The molecule has 1 aromatic rings. The van der Waals surface area contributed by atoms with Gasteiger partial charge in [-0.3, -0.25) is 0 Å². The maximum atomic E-state index is 12.4. The van der Waals surface area contributed by atoms with E-state index in [1.54, 1.807) is 0 Å². The maximum Gasteiger partial charge on any atom is 0.410 e. The van der Waals surface area contributed by atoms with Crippen LogP contribution in [0.5, 0.6) is 0 Å². The lowest BCUT2D eigenvalue weighted by atomic mass is 9.96.